The smallest absolute Gasteiger partial charge is 0.123 e. The van der Waals surface area contributed by atoms with Crippen molar-refractivity contribution < 1.29 is 14.6 Å². The second-order valence-electron chi connectivity index (χ2n) is 4.32. The minimum absolute atomic E-state index is 0.136. The van der Waals surface area contributed by atoms with Crippen LogP contribution >= 0.6 is 0 Å². The Hall–Kier alpha value is -1.10. The van der Waals surface area contributed by atoms with Crippen LogP contribution in [-0.2, 0) is 11.3 Å². The van der Waals surface area contributed by atoms with Crippen molar-refractivity contribution in [3.8, 4) is 5.75 Å². The van der Waals surface area contributed by atoms with E-state index in [2.05, 4.69) is 12.2 Å². The second-order valence-corrected chi connectivity index (χ2v) is 4.32. The van der Waals surface area contributed by atoms with Crippen molar-refractivity contribution >= 4 is 0 Å². The molecule has 0 saturated heterocycles. The first-order valence-corrected chi connectivity index (χ1v) is 6.94. The Balaban J connectivity index is 2.47. The fraction of sp³-hybridized carbons (Fsp3) is 0.600. The third-order valence-electron chi connectivity index (χ3n) is 2.96. The van der Waals surface area contributed by atoms with Gasteiger partial charge in [0.15, 0.2) is 0 Å². The molecule has 0 bridgehead atoms. The number of aliphatic hydroxyl groups excluding tert-OH is 1. The average Bonchev–Trinajstić information content (AvgIpc) is 2.46. The van der Waals surface area contributed by atoms with Gasteiger partial charge in [0, 0.05) is 24.8 Å². The van der Waals surface area contributed by atoms with E-state index in [4.69, 9.17) is 14.6 Å². The van der Waals surface area contributed by atoms with E-state index in [0.29, 0.717) is 26.4 Å². The summed E-state index contributed by atoms with van der Waals surface area (Å²) in [5.41, 5.74) is 1.10. The molecular weight excluding hydrogens is 242 g/mol. The van der Waals surface area contributed by atoms with E-state index in [1.807, 2.05) is 31.2 Å². The number of rotatable bonds is 10. The Kier molecular flexibility index (Phi) is 8.21. The van der Waals surface area contributed by atoms with Crippen molar-refractivity contribution in [2.75, 3.05) is 26.4 Å². The van der Waals surface area contributed by atoms with E-state index in [1.165, 1.54) is 0 Å². The molecule has 4 heteroatoms. The van der Waals surface area contributed by atoms with Crippen LogP contribution < -0.4 is 10.1 Å². The molecule has 108 valence electrons. The van der Waals surface area contributed by atoms with Crippen LogP contribution in [0.4, 0.5) is 0 Å². The maximum atomic E-state index is 9.16. The van der Waals surface area contributed by atoms with Crippen LogP contribution in [-0.4, -0.2) is 37.6 Å². The molecule has 0 aromatic heterocycles. The lowest BCUT2D eigenvalue weighted by atomic mass is 10.1. The van der Waals surface area contributed by atoms with Crippen LogP contribution in [0.25, 0.3) is 0 Å². The predicted octanol–water partition coefficient (Wildman–Crippen LogP) is 1.96. The zero-order valence-corrected chi connectivity index (χ0v) is 11.9. The molecule has 0 saturated carbocycles. The highest BCUT2D eigenvalue weighted by atomic mass is 16.5. The molecular formula is C15H25NO3. The monoisotopic (exact) mass is 267 g/mol. The number of nitrogens with one attached hydrogen (secondary N) is 1. The molecule has 1 aromatic rings. The second kappa shape index (κ2) is 9.78. The molecule has 2 N–H and O–H groups in total. The third kappa shape index (κ3) is 6.05. The van der Waals surface area contributed by atoms with Crippen molar-refractivity contribution in [2.45, 2.75) is 32.9 Å². The van der Waals surface area contributed by atoms with E-state index < -0.39 is 0 Å². The first-order chi connectivity index (χ1) is 9.31. The summed E-state index contributed by atoms with van der Waals surface area (Å²) in [5.74, 6) is 0.877. The van der Waals surface area contributed by atoms with Crippen molar-refractivity contribution in [1.29, 1.82) is 0 Å². The number of ether oxygens (including phenoxy) is 2. The largest absolute Gasteiger partial charge is 0.491 e. The summed E-state index contributed by atoms with van der Waals surface area (Å²) in [4.78, 5) is 0. The van der Waals surface area contributed by atoms with Gasteiger partial charge in [-0.2, -0.15) is 0 Å². The van der Waals surface area contributed by atoms with Gasteiger partial charge in [0.1, 0.15) is 12.4 Å². The maximum Gasteiger partial charge on any atom is 0.123 e. The maximum absolute atomic E-state index is 9.16. The van der Waals surface area contributed by atoms with Crippen LogP contribution in [0, 0.1) is 0 Å². The molecule has 0 radical (unpaired) electrons. The van der Waals surface area contributed by atoms with Gasteiger partial charge in [0.2, 0.25) is 0 Å². The number of hydrogen-bond acceptors (Lipinski definition) is 4. The van der Waals surface area contributed by atoms with Crippen molar-refractivity contribution in [1.82, 2.24) is 5.32 Å². The van der Waals surface area contributed by atoms with Gasteiger partial charge < -0.3 is 19.9 Å². The number of benzene rings is 1. The van der Waals surface area contributed by atoms with Gasteiger partial charge in [-0.3, -0.25) is 0 Å². The molecule has 0 aliphatic rings. The van der Waals surface area contributed by atoms with Gasteiger partial charge in [-0.05, 0) is 19.4 Å². The van der Waals surface area contributed by atoms with E-state index in [1.54, 1.807) is 0 Å². The minimum atomic E-state index is 0.136. The fourth-order valence-electron chi connectivity index (χ4n) is 1.74. The molecule has 0 amide bonds. The zero-order chi connectivity index (χ0) is 13.9. The SMILES string of the molecule is CCOCCOc1ccccc1CNC(CC)CO. The van der Waals surface area contributed by atoms with Crippen LogP contribution in [0.3, 0.4) is 0 Å². The lowest BCUT2D eigenvalue weighted by Gasteiger charge is -2.16. The van der Waals surface area contributed by atoms with Crippen LogP contribution in [0.15, 0.2) is 24.3 Å². The molecule has 0 fully saturated rings. The van der Waals surface area contributed by atoms with Crippen molar-refractivity contribution in [3.63, 3.8) is 0 Å². The van der Waals surface area contributed by atoms with Gasteiger partial charge in [-0.15, -0.1) is 0 Å². The molecule has 1 atom stereocenters. The molecule has 0 heterocycles. The summed E-state index contributed by atoms with van der Waals surface area (Å²) in [6.07, 6.45) is 0.907. The van der Waals surface area contributed by atoms with Crippen molar-refractivity contribution in [3.05, 3.63) is 29.8 Å². The summed E-state index contributed by atoms with van der Waals surface area (Å²) in [6, 6.07) is 8.09. The lowest BCUT2D eigenvalue weighted by Crippen LogP contribution is -2.31. The van der Waals surface area contributed by atoms with E-state index >= 15 is 0 Å². The molecule has 1 aromatic carbocycles. The fourth-order valence-corrected chi connectivity index (χ4v) is 1.74. The van der Waals surface area contributed by atoms with Crippen LogP contribution in [0.5, 0.6) is 5.75 Å². The van der Waals surface area contributed by atoms with Gasteiger partial charge in [-0.25, -0.2) is 0 Å². The number of hydrogen-bond donors (Lipinski definition) is 2. The molecule has 0 aliphatic carbocycles. The topological polar surface area (TPSA) is 50.7 Å². The molecule has 19 heavy (non-hydrogen) atoms. The van der Waals surface area contributed by atoms with Gasteiger partial charge >= 0.3 is 0 Å². The van der Waals surface area contributed by atoms with Crippen molar-refractivity contribution in [2.24, 2.45) is 0 Å². The van der Waals surface area contributed by atoms with Gasteiger partial charge in [0.25, 0.3) is 0 Å². The Labute approximate surface area is 115 Å². The summed E-state index contributed by atoms with van der Waals surface area (Å²) >= 11 is 0. The first kappa shape index (κ1) is 16.0. The number of aliphatic hydroxyl groups is 1. The van der Waals surface area contributed by atoms with Crippen LogP contribution in [0.1, 0.15) is 25.8 Å². The summed E-state index contributed by atoms with van der Waals surface area (Å²) in [5, 5.41) is 12.5. The Morgan fingerprint density at radius 3 is 2.68 bits per heavy atom. The third-order valence-corrected chi connectivity index (χ3v) is 2.96. The summed E-state index contributed by atoms with van der Waals surface area (Å²) in [7, 11) is 0. The van der Waals surface area contributed by atoms with Crippen LogP contribution in [0.2, 0.25) is 0 Å². The first-order valence-electron chi connectivity index (χ1n) is 6.94. The quantitative estimate of drug-likeness (QED) is 0.636. The van der Waals surface area contributed by atoms with Gasteiger partial charge in [0.05, 0.1) is 13.2 Å². The van der Waals surface area contributed by atoms with E-state index in [0.717, 1.165) is 17.7 Å². The highest BCUT2D eigenvalue weighted by Gasteiger charge is 2.07. The van der Waals surface area contributed by atoms with E-state index in [9.17, 15) is 0 Å². The summed E-state index contributed by atoms with van der Waals surface area (Å²) in [6.45, 7) is 6.75. The molecule has 0 spiro atoms. The standard InChI is InChI=1S/C15H25NO3/c1-3-14(12-17)16-11-13-7-5-6-8-15(13)19-10-9-18-4-2/h5-8,14,16-17H,3-4,9-12H2,1-2H3. The highest BCUT2D eigenvalue weighted by Crippen LogP contribution is 2.17. The molecule has 1 rings (SSSR count). The van der Waals surface area contributed by atoms with E-state index in [-0.39, 0.29) is 12.6 Å². The zero-order valence-electron chi connectivity index (χ0n) is 11.9. The molecule has 0 aliphatic heterocycles. The molecule has 1 unspecified atom stereocenters. The lowest BCUT2D eigenvalue weighted by molar-refractivity contribution is 0.109. The highest BCUT2D eigenvalue weighted by molar-refractivity contribution is 5.33. The normalized spacial score (nSPS) is 12.4. The Morgan fingerprint density at radius 1 is 1.21 bits per heavy atom. The summed E-state index contributed by atoms with van der Waals surface area (Å²) < 4.78 is 11.0. The Morgan fingerprint density at radius 2 is 2.00 bits per heavy atom. The van der Waals surface area contributed by atoms with Gasteiger partial charge in [-0.1, -0.05) is 25.1 Å². The average molecular weight is 267 g/mol. The minimum Gasteiger partial charge on any atom is -0.491 e. The number of para-hydroxylation sites is 1. The predicted molar refractivity (Wildman–Crippen MR) is 76.4 cm³/mol. The Bertz CT molecular complexity index is 340. The molecule has 4 nitrogen and oxygen atoms in total.